The van der Waals surface area contributed by atoms with Gasteiger partial charge in [0.25, 0.3) is 0 Å². The van der Waals surface area contributed by atoms with E-state index in [9.17, 15) is 0 Å². The minimum atomic E-state index is 0. The Kier molecular flexibility index (Phi) is 7.88. The fourth-order valence-corrected chi connectivity index (χ4v) is 3.08. The molecule has 0 bridgehead atoms. The molecule has 22 heavy (non-hydrogen) atoms. The lowest BCUT2D eigenvalue weighted by Crippen LogP contribution is -2.47. The van der Waals surface area contributed by atoms with Crippen molar-refractivity contribution in [1.82, 2.24) is 20.9 Å². The van der Waals surface area contributed by atoms with E-state index in [1.165, 1.54) is 19.3 Å². The summed E-state index contributed by atoms with van der Waals surface area (Å²) in [6, 6.07) is 2.09. The second kappa shape index (κ2) is 8.68. The smallest absolute Gasteiger partial charge is 0.191 e. The van der Waals surface area contributed by atoms with E-state index in [1.54, 1.807) is 0 Å². The van der Waals surface area contributed by atoms with Gasteiger partial charge in [0, 0.05) is 50.3 Å². The molecule has 1 heterocycles. The van der Waals surface area contributed by atoms with Crippen molar-refractivity contribution >= 4 is 29.9 Å². The summed E-state index contributed by atoms with van der Waals surface area (Å²) in [7, 11) is 1.85. The zero-order chi connectivity index (χ0) is 15.5. The molecule has 0 aromatic heterocycles. The molecular weight excluding hydrogens is 389 g/mol. The van der Waals surface area contributed by atoms with E-state index >= 15 is 0 Å². The van der Waals surface area contributed by atoms with Crippen molar-refractivity contribution in [3.8, 4) is 0 Å². The highest BCUT2D eigenvalue weighted by atomic mass is 127. The van der Waals surface area contributed by atoms with Crippen LogP contribution in [0.1, 0.15) is 47.0 Å². The van der Waals surface area contributed by atoms with Crippen molar-refractivity contribution in [3.63, 3.8) is 0 Å². The van der Waals surface area contributed by atoms with Crippen molar-refractivity contribution in [3.05, 3.63) is 0 Å². The predicted octanol–water partition coefficient (Wildman–Crippen LogP) is 1.78. The number of hydrogen-bond acceptors (Lipinski definition) is 3. The average Bonchev–Trinajstić information content (AvgIpc) is 3.16. The molecule has 1 saturated carbocycles. The Morgan fingerprint density at radius 3 is 2.45 bits per heavy atom. The molecule has 3 N–H and O–H groups in total. The lowest BCUT2D eigenvalue weighted by Gasteiger charge is -2.22. The quantitative estimate of drug-likeness (QED) is 0.273. The lowest BCUT2D eigenvalue weighted by atomic mass is 10.1. The van der Waals surface area contributed by atoms with E-state index < -0.39 is 0 Å². The third-order valence-corrected chi connectivity index (χ3v) is 4.28. The number of nitrogens with one attached hydrogen (secondary N) is 3. The lowest BCUT2D eigenvalue weighted by molar-refractivity contribution is 0.256. The summed E-state index contributed by atoms with van der Waals surface area (Å²) in [6.07, 6.45) is 4.00. The zero-order valence-electron chi connectivity index (χ0n) is 14.8. The van der Waals surface area contributed by atoms with Crippen LogP contribution in [0.5, 0.6) is 0 Å². The zero-order valence-corrected chi connectivity index (χ0v) is 17.1. The predicted molar refractivity (Wildman–Crippen MR) is 105 cm³/mol. The first-order chi connectivity index (χ1) is 9.89. The average molecular weight is 423 g/mol. The maximum absolute atomic E-state index is 4.34. The fourth-order valence-electron chi connectivity index (χ4n) is 3.08. The first kappa shape index (κ1) is 20.0. The first-order valence-corrected chi connectivity index (χ1v) is 8.37. The van der Waals surface area contributed by atoms with E-state index in [4.69, 9.17) is 0 Å². The maximum Gasteiger partial charge on any atom is 0.191 e. The molecule has 1 saturated heterocycles. The third-order valence-electron chi connectivity index (χ3n) is 4.28. The molecule has 2 fully saturated rings. The molecule has 6 heteroatoms. The van der Waals surface area contributed by atoms with Crippen molar-refractivity contribution in [2.45, 2.75) is 70.6 Å². The monoisotopic (exact) mass is 423 g/mol. The molecule has 130 valence electrons. The summed E-state index contributed by atoms with van der Waals surface area (Å²) < 4.78 is 0. The molecular formula is C16H34IN5. The summed E-state index contributed by atoms with van der Waals surface area (Å²) in [5.74, 6) is 0.931. The van der Waals surface area contributed by atoms with Crippen molar-refractivity contribution in [2.75, 3.05) is 26.7 Å². The van der Waals surface area contributed by atoms with Crippen LogP contribution < -0.4 is 16.0 Å². The van der Waals surface area contributed by atoms with Gasteiger partial charge in [-0.25, -0.2) is 0 Å². The second-order valence-electron chi connectivity index (χ2n) is 7.53. The van der Waals surface area contributed by atoms with Gasteiger partial charge in [-0.3, -0.25) is 9.89 Å². The molecule has 1 aliphatic heterocycles. The normalized spacial score (nSPS) is 26.7. The summed E-state index contributed by atoms with van der Waals surface area (Å²) in [4.78, 5) is 7.00. The minimum absolute atomic E-state index is 0. The second-order valence-corrected chi connectivity index (χ2v) is 7.53. The van der Waals surface area contributed by atoms with E-state index in [0.29, 0.717) is 12.1 Å². The largest absolute Gasteiger partial charge is 0.355 e. The Hall–Kier alpha value is -0.0800. The molecule has 0 aromatic rings. The van der Waals surface area contributed by atoms with Crippen LogP contribution in [0.3, 0.4) is 0 Å². The van der Waals surface area contributed by atoms with Gasteiger partial charge >= 0.3 is 0 Å². The summed E-state index contributed by atoms with van der Waals surface area (Å²) in [5, 5.41) is 10.5. The minimum Gasteiger partial charge on any atom is -0.355 e. The highest BCUT2D eigenvalue weighted by molar-refractivity contribution is 14.0. The van der Waals surface area contributed by atoms with Gasteiger partial charge in [-0.2, -0.15) is 0 Å². The van der Waals surface area contributed by atoms with Gasteiger partial charge in [0.05, 0.1) is 0 Å². The van der Waals surface area contributed by atoms with Crippen molar-refractivity contribution in [1.29, 1.82) is 0 Å². The molecule has 2 rings (SSSR count). The van der Waals surface area contributed by atoms with Crippen molar-refractivity contribution in [2.24, 2.45) is 4.99 Å². The number of aliphatic imine (C=N–C) groups is 1. The van der Waals surface area contributed by atoms with Crippen LogP contribution in [-0.2, 0) is 0 Å². The number of hydrogen-bond donors (Lipinski definition) is 3. The van der Waals surface area contributed by atoms with Gasteiger partial charge in [0.15, 0.2) is 5.96 Å². The highest BCUT2D eigenvalue weighted by Gasteiger charge is 2.38. The van der Waals surface area contributed by atoms with E-state index in [2.05, 4.69) is 53.5 Å². The summed E-state index contributed by atoms with van der Waals surface area (Å²) in [6.45, 7) is 11.9. The number of likely N-dealkylation sites (tertiary alicyclic amines) is 1. The summed E-state index contributed by atoms with van der Waals surface area (Å²) in [5.41, 5.74) is 0.171. The van der Waals surface area contributed by atoms with E-state index in [1.807, 2.05) is 7.05 Å². The van der Waals surface area contributed by atoms with Gasteiger partial charge in [0.1, 0.15) is 0 Å². The SMILES string of the molecule is CN=C(NCCNC(C)(C)C)NC1CC(C)N(C2CC2)C1.I. The Labute approximate surface area is 153 Å². The number of halogens is 1. The highest BCUT2D eigenvalue weighted by Crippen LogP contribution is 2.33. The molecule has 2 aliphatic rings. The number of guanidine groups is 1. The molecule has 2 atom stereocenters. The van der Waals surface area contributed by atoms with Gasteiger partial charge in [0.2, 0.25) is 0 Å². The van der Waals surface area contributed by atoms with E-state index in [0.717, 1.165) is 31.6 Å². The Bertz CT molecular complexity index is 362. The first-order valence-electron chi connectivity index (χ1n) is 8.37. The topological polar surface area (TPSA) is 51.7 Å². The maximum atomic E-state index is 4.34. The van der Waals surface area contributed by atoms with Crippen LogP contribution in [0.4, 0.5) is 0 Å². The fraction of sp³-hybridized carbons (Fsp3) is 0.938. The van der Waals surface area contributed by atoms with Gasteiger partial charge < -0.3 is 16.0 Å². The molecule has 2 unspecified atom stereocenters. The van der Waals surface area contributed by atoms with Crippen molar-refractivity contribution < 1.29 is 0 Å². The van der Waals surface area contributed by atoms with Crippen LogP contribution in [0.25, 0.3) is 0 Å². The number of rotatable bonds is 5. The third kappa shape index (κ3) is 6.58. The summed E-state index contributed by atoms with van der Waals surface area (Å²) >= 11 is 0. The Morgan fingerprint density at radius 2 is 1.91 bits per heavy atom. The molecule has 0 radical (unpaired) electrons. The molecule has 0 amide bonds. The van der Waals surface area contributed by atoms with Gasteiger partial charge in [-0.1, -0.05) is 0 Å². The van der Waals surface area contributed by atoms with Crippen LogP contribution >= 0.6 is 24.0 Å². The van der Waals surface area contributed by atoms with Crippen LogP contribution in [0, 0.1) is 0 Å². The van der Waals surface area contributed by atoms with Gasteiger partial charge in [-0.05, 0) is 47.0 Å². The van der Waals surface area contributed by atoms with Crippen LogP contribution in [0.15, 0.2) is 4.99 Å². The molecule has 5 nitrogen and oxygen atoms in total. The standard InChI is InChI=1S/C16H33N5.HI/c1-12-10-13(11-21(12)14-6-7-14)20-15(17-5)18-8-9-19-16(2,3)4;/h12-14,19H,6-11H2,1-5H3,(H2,17,18,20);1H. The Balaban J connectivity index is 0.00000242. The molecule has 1 aliphatic carbocycles. The number of nitrogens with zero attached hydrogens (tertiary/aromatic N) is 2. The van der Waals surface area contributed by atoms with Gasteiger partial charge in [-0.15, -0.1) is 24.0 Å². The van der Waals surface area contributed by atoms with Crippen LogP contribution in [0.2, 0.25) is 0 Å². The van der Waals surface area contributed by atoms with E-state index in [-0.39, 0.29) is 29.5 Å². The van der Waals surface area contributed by atoms with Crippen LogP contribution in [-0.4, -0.2) is 61.2 Å². The molecule has 0 aromatic carbocycles. The molecule has 0 spiro atoms. The Morgan fingerprint density at radius 1 is 1.23 bits per heavy atom.